The lowest BCUT2D eigenvalue weighted by Gasteiger charge is -2.33. The first kappa shape index (κ1) is 14.8. The van der Waals surface area contributed by atoms with Crippen LogP contribution in [-0.4, -0.2) is 63.7 Å². The van der Waals surface area contributed by atoms with E-state index in [9.17, 15) is 0 Å². The van der Waals surface area contributed by atoms with Gasteiger partial charge in [0.25, 0.3) is 0 Å². The Kier molecular flexibility index (Phi) is 3.69. The zero-order valence-electron chi connectivity index (χ0n) is 13.5. The quantitative estimate of drug-likeness (QED) is 0.754. The third-order valence-corrected chi connectivity index (χ3v) is 3.97. The van der Waals surface area contributed by atoms with Crippen LogP contribution >= 0.6 is 0 Å². The molecule has 0 spiro atoms. The van der Waals surface area contributed by atoms with Gasteiger partial charge in [-0.1, -0.05) is 0 Å². The number of nitrogens with zero attached hydrogens (tertiary/aromatic N) is 7. The number of imidazole rings is 1. The highest BCUT2D eigenvalue weighted by molar-refractivity contribution is 5.82. The topological polar surface area (TPSA) is 96.0 Å². The summed E-state index contributed by atoms with van der Waals surface area (Å²) in [5.41, 5.74) is 1.50. The van der Waals surface area contributed by atoms with Gasteiger partial charge in [-0.05, 0) is 6.07 Å². The van der Waals surface area contributed by atoms with E-state index in [4.69, 9.17) is 4.74 Å². The van der Waals surface area contributed by atoms with Crippen LogP contribution in [0.15, 0.2) is 24.9 Å². The van der Waals surface area contributed by atoms with Gasteiger partial charge in [-0.25, -0.2) is 24.9 Å². The summed E-state index contributed by atoms with van der Waals surface area (Å²) in [7, 11) is 3.91. The molecule has 4 rings (SSSR count). The number of hydrogen-bond donors (Lipinski definition) is 1. The number of aromatic amines is 1. The van der Waals surface area contributed by atoms with Gasteiger partial charge in [0.1, 0.15) is 23.8 Å². The van der Waals surface area contributed by atoms with Crippen molar-refractivity contribution < 1.29 is 4.74 Å². The fraction of sp³-hybridized carbons (Fsp3) is 0.400. The summed E-state index contributed by atoms with van der Waals surface area (Å²) in [6, 6.07) is 1.88. The maximum atomic E-state index is 5.89. The lowest BCUT2D eigenvalue weighted by Crippen LogP contribution is -2.39. The van der Waals surface area contributed by atoms with E-state index in [0.29, 0.717) is 24.6 Å². The van der Waals surface area contributed by atoms with E-state index in [2.05, 4.69) is 34.8 Å². The molecule has 1 saturated heterocycles. The average Bonchev–Trinajstić information content (AvgIpc) is 3.10. The molecule has 1 N–H and O–H groups in total. The Labute approximate surface area is 138 Å². The van der Waals surface area contributed by atoms with Crippen LogP contribution in [0, 0.1) is 0 Å². The monoisotopic (exact) mass is 326 g/mol. The molecule has 9 heteroatoms. The molecule has 0 radical (unpaired) electrons. The van der Waals surface area contributed by atoms with Crippen LogP contribution in [0.3, 0.4) is 0 Å². The first-order valence-electron chi connectivity index (χ1n) is 7.73. The Bertz CT molecular complexity index is 848. The second-order valence-corrected chi connectivity index (χ2v) is 5.77. The third-order valence-electron chi connectivity index (χ3n) is 3.97. The summed E-state index contributed by atoms with van der Waals surface area (Å²) in [4.78, 5) is 28.9. The predicted molar refractivity (Wildman–Crippen MR) is 88.9 cm³/mol. The van der Waals surface area contributed by atoms with Crippen molar-refractivity contribution >= 4 is 22.8 Å². The fourth-order valence-corrected chi connectivity index (χ4v) is 2.76. The minimum atomic E-state index is -0.202. The molecule has 0 saturated carbocycles. The zero-order chi connectivity index (χ0) is 16.5. The summed E-state index contributed by atoms with van der Waals surface area (Å²) in [6.07, 6.45) is 4.72. The van der Waals surface area contributed by atoms with Gasteiger partial charge in [-0.2, -0.15) is 0 Å². The summed E-state index contributed by atoms with van der Waals surface area (Å²) >= 11 is 0. The summed E-state index contributed by atoms with van der Waals surface area (Å²) in [5, 5.41) is 0. The highest BCUT2D eigenvalue weighted by atomic mass is 16.5. The molecule has 1 unspecified atom stereocenters. The van der Waals surface area contributed by atoms with Gasteiger partial charge in [0.05, 0.1) is 19.5 Å². The Morgan fingerprint density at radius 2 is 2.17 bits per heavy atom. The Morgan fingerprint density at radius 3 is 3.04 bits per heavy atom. The maximum Gasteiger partial charge on any atom is 0.182 e. The summed E-state index contributed by atoms with van der Waals surface area (Å²) in [5.74, 6) is 2.37. The molecule has 4 heterocycles. The molecule has 0 bridgehead atoms. The molecule has 1 aliphatic rings. The van der Waals surface area contributed by atoms with Crippen molar-refractivity contribution in [3.05, 3.63) is 30.7 Å². The fourth-order valence-electron chi connectivity index (χ4n) is 2.76. The number of morpholine rings is 1. The molecule has 1 aliphatic heterocycles. The number of H-pyrrole nitrogens is 1. The Balaban J connectivity index is 1.62. The van der Waals surface area contributed by atoms with Crippen LogP contribution in [0.5, 0.6) is 0 Å². The molecule has 0 aliphatic carbocycles. The maximum absolute atomic E-state index is 5.89. The standard InChI is InChI=1S/C15H18N8O/c1-22(2)11-3-4-16-13(21-11)10-7-23(5-6-24-10)15-12-14(18-8-17-12)19-9-20-15/h3-4,8-10H,5-7H2,1-2H3,(H,17,18,19,20). The van der Waals surface area contributed by atoms with E-state index in [1.807, 2.05) is 25.1 Å². The van der Waals surface area contributed by atoms with Gasteiger partial charge in [0.2, 0.25) is 0 Å². The molecule has 0 aromatic carbocycles. The first-order chi connectivity index (χ1) is 11.7. The van der Waals surface area contributed by atoms with Gasteiger partial charge in [0.15, 0.2) is 17.3 Å². The molecule has 124 valence electrons. The molecular formula is C15H18N8O. The van der Waals surface area contributed by atoms with E-state index in [-0.39, 0.29) is 6.10 Å². The van der Waals surface area contributed by atoms with E-state index in [1.165, 1.54) is 6.33 Å². The van der Waals surface area contributed by atoms with Crippen LogP contribution in [-0.2, 0) is 4.74 Å². The van der Waals surface area contributed by atoms with E-state index in [0.717, 1.165) is 23.7 Å². The molecule has 1 atom stereocenters. The number of hydrogen-bond acceptors (Lipinski definition) is 8. The second-order valence-electron chi connectivity index (χ2n) is 5.77. The molecule has 0 amide bonds. The van der Waals surface area contributed by atoms with Crippen molar-refractivity contribution in [3.8, 4) is 0 Å². The van der Waals surface area contributed by atoms with Crippen molar-refractivity contribution in [2.24, 2.45) is 0 Å². The Morgan fingerprint density at radius 1 is 1.25 bits per heavy atom. The number of aromatic nitrogens is 6. The smallest absolute Gasteiger partial charge is 0.182 e. The van der Waals surface area contributed by atoms with Crippen molar-refractivity contribution in [3.63, 3.8) is 0 Å². The van der Waals surface area contributed by atoms with Gasteiger partial charge >= 0.3 is 0 Å². The molecular weight excluding hydrogens is 308 g/mol. The number of anilines is 2. The van der Waals surface area contributed by atoms with Crippen molar-refractivity contribution in [2.75, 3.05) is 43.6 Å². The molecule has 3 aromatic heterocycles. The minimum Gasteiger partial charge on any atom is -0.367 e. The highest BCUT2D eigenvalue weighted by Crippen LogP contribution is 2.26. The second kappa shape index (κ2) is 6.00. The Hall–Kier alpha value is -2.81. The van der Waals surface area contributed by atoms with Crippen molar-refractivity contribution in [1.82, 2.24) is 29.9 Å². The molecule has 24 heavy (non-hydrogen) atoms. The average molecular weight is 326 g/mol. The van der Waals surface area contributed by atoms with E-state index >= 15 is 0 Å². The zero-order valence-corrected chi connectivity index (χ0v) is 13.5. The van der Waals surface area contributed by atoms with Crippen LogP contribution in [0.4, 0.5) is 11.6 Å². The summed E-state index contributed by atoms with van der Waals surface area (Å²) < 4.78 is 5.89. The number of rotatable bonds is 3. The SMILES string of the molecule is CN(C)c1ccnc(C2CN(c3ncnc4nc[nH]c34)CCO2)n1. The number of ether oxygens (including phenoxy) is 1. The first-order valence-corrected chi connectivity index (χ1v) is 7.73. The van der Waals surface area contributed by atoms with Gasteiger partial charge < -0.3 is 19.5 Å². The summed E-state index contributed by atoms with van der Waals surface area (Å²) in [6.45, 7) is 1.96. The van der Waals surface area contributed by atoms with Crippen LogP contribution in [0.2, 0.25) is 0 Å². The number of nitrogens with one attached hydrogen (secondary N) is 1. The van der Waals surface area contributed by atoms with Crippen molar-refractivity contribution in [2.45, 2.75) is 6.10 Å². The van der Waals surface area contributed by atoms with Crippen molar-refractivity contribution in [1.29, 1.82) is 0 Å². The highest BCUT2D eigenvalue weighted by Gasteiger charge is 2.27. The van der Waals surface area contributed by atoms with Gasteiger partial charge in [0, 0.05) is 26.8 Å². The molecule has 3 aromatic rings. The van der Waals surface area contributed by atoms with E-state index < -0.39 is 0 Å². The van der Waals surface area contributed by atoms with Gasteiger partial charge in [-0.15, -0.1) is 0 Å². The molecule has 9 nitrogen and oxygen atoms in total. The third kappa shape index (κ3) is 2.62. The van der Waals surface area contributed by atoms with Gasteiger partial charge in [-0.3, -0.25) is 0 Å². The van der Waals surface area contributed by atoms with Crippen LogP contribution in [0.25, 0.3) is 11.2 Å². The largest absolute Gasteiger partial charge is 0.367 e. The minimum absolute atomic E-state index is 0.202. The molecule has 1 fully saturated rings. The predicted octanol–water partition coefficient (Wildman–Crippen LogP) is 0.787. The van der Waals surface area contributed by atoms with Crippen LogP contribution in [0.1, 0.15) is 11.9 Å². The van der Waals surface area contributed by atoms with Crippen LogP contribution < -0.4 is 9.80 Å². The normalized spacial score (nSPS) is 18.1. The lowest BCUT2D eigenvalue weighted by atomic mass is 10.2. The van der Waals surface area contributed by atoms with E-state index in [1.54, 1.807) is 12.5 Å². The lowest BCUT2D eigenvalue weighted by molar-refractivity contribution is 0.0339. The number of fused-ring (bicyclic) bond motifs is 1.